The summed E-state index contributed by atoms with van der Waals surface area (Å²) in [5.74, 6) is 0. The Balaban J connectivity index is 1.93. The van der Waals surface area contributed by atoms with E-state index in [1.807, 2.05) is 36.4 Å². The predicted octanol–water partition coefficient (Wildman–Crippen LogP) is 4.60. The van der Waals surface area contributed by atoms with Gasteiger partial charge in [-0.3, -0.25) is 0 Å². The second-order valence-electron chi connectivity index (χ2n) is 4.75. The molecule has 2 N–H and O–H groups in total. The summed E-state index contributed by atoms with van der Waals surface area (Å²) in [4.78, 5) is 0. The summed E-state index contributed by atoms with van der Waals surface area (Å²) in [6.07, 6.45) is -0.509. The third-order valence-electron chi connectivity index (χ3n) is 3.22. The molecule has 0 saturated carbocycles. The van der Waals surface area contributed by atoms with Gasteiger partial charge in [0.1, 0.15) is 0 Å². The lowest BCUT2D eigenvalue weighted by molar-refractivity contribution is 0.170. The van der Waals surface area contributed by atoms with Crippen LogP contribution < -0.4 is 5.32 Å². The Hall–Kier alpha value is -0.680. The molecule has 2 nitrogen and oxygen atoms in total. The van der Waals surface area contributed by atoms with Crippen molar-refractivity contribution >= 4 is 31.9 Å². The molecule has 0 amide bonds. The van der Waals surface area contributed by atoms with Gasteiger partial charge in [-0.25, -0.2) is 0 Å². The zero-order valence-electron chi connectivity index (χ0n) is 11.2. The van der Waals surface area contributed by atoms with Gasteiger partial charge in [-0.05, 0) is 42.3 Å². The normalized spacial score (nSPS) is 14.0. The van der Waals surface area contributed by atoms with E-state index in [1.165, 1.54) is 5.56 Å². The molecule has 0 aliphatic rings. The molecule has 0 aliphatic carbocycles. The van der Waals surface area contributed by atoms with Crippen LogP contribution in [0.3, 0.4) is 0 Å². The average molecular weight is 399 g/mol. The molecule has 0 aliphatic heterocycles. The van der Waals surface area contributed by atoms with E-state index in [-0.39, 0.29) is 6.04 Å². The van der Waals surface area contributed by atoms with Gasteiger partial charge in [-0.2, -0.15) is 0 Å². The van der Waals surface area contributed by atoms with Gasteiger partial charge in [0.05, 0.1) is 6.10 Å². The van der Waals surface area contributed by atoms with E-state index in [4.69, 9.17) is 0 Å². The number of rotatable bonds is 5. The third kappa shape index (κ3) is 4.42. The van der Waals surface area contributed by atoms with Crippen molar-refractivity contribution in [2.24, 2.45) is 0 Å². The molecular formula is C16H17Br2NO. The molecule has 1 unspecified atom stereocenters. The maximum absolute atomic E-state index is 10.2. The summed E-state index contributed by atoms with van der Waals surface area (Å²) in [6.45, 7) is 2.62. The van der Waals surface area contributed by atoms with Crippen LogP contribution in [0.5, 0.6) is 0 Å². The molecule has 0 heterocycles. The quantitative estimate of drug-likeness (QED) is 0.771. The summed E-state index contributed by atoms with van der Waals surface area (Å²) in [7, 11) is 0. The highest BCUT2D eigenvalue weighted by molar-refractivity contribution is 9.10. The average Bonchev–Trinajstić information content (AvgIpc) is 2.45. The van der Waals surface area contributed by atoms with E-state index in [0.717, 1.165) is 14.5 Å². The number of aliphatic hydroxyl groups is 1. The molecule has 0 saturated heterocycles. The Labute approximate surface area is 136 Å². The number of halogens is 2. The lowest BCUT2D eigenvalue weighted by Crippen LogP contribution is -2.24. The van der Waals surface area contributed by atoms with E-state index in [0.29, 0.717) is 6.54 Å². The van der Waals surface area contributed by atoms with Crippen molar-refractivity contribution in [2.45, 2.75) is 19.1 Å². The molecule has 106 valence electrons. The summed E-state index contributed by atoms with van der Waals surface area (Å²) >= 11 is 6.85. The topological polar surface area (TPSA) is 32.3 Å². The fraction of sp³-hybridized carbons (Fsp3) is 0.250. The van der Waals surface area contributed by atoms with Gasteiger partial charge in [-0.1, -0.05) is 56.1 Å². The van der Waals surface area contributed by atoms with Crippen LogP contribution >= 0.6 is 31.9 Å². The molecule has 0 bridgehead atoms. The van der Waals surface area contributed by atoms with Crippen molar-refractivity contribution in [3.8, 4) is 0 Å². The predicted molar refractivity (Wildman–Crippen MR) is 89.7 cm³/mol. The first kappa shape index (κ1) is 15.7. The molecule has 2 atom stereocenters. The summed E-state index contributed by atoms with van der Waals surface area (Å²) in [6, 6.07) is 16.2. The van der Waals surface area contributed by atoms with Gasteiger partial charge in [0, 0.05) is 21.5 Å². The molecule has 4 heteroatoms. The first-order chi connectivity index (χ1) is 9.56. The van der Waals surface area contributed by atoms with Crippen molar-refractivity contribution in [1.29, 1.82) is 0 Å². The fourth-order valence-electron chi connectivity index (χ4n) is 1.99. The van der Waals surface area contributed by atoms with Crippen molar-refractivity contribution in [3.63, 3.8) is 0 Å². The minimum atomic E-state index is -0.509. The largest absolute Gasteiger partial charge is 0.387 e. The van der Waals surface area contributed by atoms with Crippen LogP contribution in [-0.4, -0.2) is 11.7 Å². The number of hydrogen-bond acceptors (Lipinski definition) is 2. The molecular weight excluding hydrogens is 382 g/mol. The van der Waals surface area contributed by atoms with E-state index in [1.54, 1.807) is 0 Å². The monoisotopic (exact) mass is 397 g/mol. The second kappa shape index (κ2) is 7.36. The number of benzene rings is 2. The zero-order chi connectivity index (χ0) is 14.5. The fourth-order valence-corrected chi connectivity index (χ4v) is 2.67. The maximum atomic E-state index is 10.2. The Morgan fingerprint density at radius 2 is 1.70 bits per heavy atom. The lowest BCUT2D eigenvalue weighted by Gasteiger charge is -2.18. The zero-order valence-corrected chi connectivity index (χ0v) is 14.4. The number of aliphatic hydroxyl groups excluding tert-OH is 1. The summed E-state index contributed by atoms with van der Waals surface area (Å²) < 4.78 is 2.05. The van der Waals surface area contributed by atoms with Crippen LogP contribution in [0, 0.1) is 0 Å². The highest BCUT2D eigenvalue weighted by atomic mass is 79.9. The SMILES string of the molecule is C[C@@H](NCC(O)c1cccc(Br)c1)c1ccc(Br)cc1. The van der Waals surface area contributed by atoms with Crippen molar-refractivity contribution in [2.75, 3.05) is 6.54 Å². The maximum Gasteiger partial charge on any atom is 0.0914 e. The van der Waals surface area contributed by atoms with Crippen LogP contribution in [0.1, 0.15) is 30.2 Å². The Morgan fingerprint density at radius 1 is 1.00 bits per heavy atom. The van der Waals surface area contributed by atoms with Crippen molar-refractivity contribution < 1.29 is 5.11 Å². The van der Waals surface area contributed by atoms with E-state index >= 15 is 0 Å². The molecule has 0 spiro atoms. The Kier molecular flexibility index (Phi) is 5.78. The first-order valence-electron chi connectivity index (χ1n) is 6.48. The van der Waals surface area contributed by atoms with Gasteiger partial charge >= 0.3 is 0 Å². The van der Waals surface area contributed by atoms with E-state index in [2.05, 4.69) is 56.2 Å². The molecule has 0 aromatic heterocycles. The van der Waals surface area contributed by atoms with Gasteiger partial charge < -0.3 is 10.4 Å². The lowest BCUT2D eigenvalue weighted by atomic mass is 10.1. The Morgan fingerprint density at radius 3 is 2.35 bits per heavy atom. The molecule has 2 aromatic carbocycles. The second-order valence-corrected chi connectivity index (χ2v) is 6.58. The van der Waals surface area contributed by atoms with Crippen molar-refractivity contribution in [1.82, 2.24) is 5.32 Å². The highest BCUT2D eigenvalue weighted by Crippen LogP contribution is 2.20. The van der Waals surface area contributed by atoms with Crippen LogP contribution in [0.4, 0.5) is 0 Å². The molecule has 0 radical (unpaired) electrons. The number of hydrogen-bond donors (Lipinski definition) is 2. The van der Waals surface area contributed by atoms with Crippen molar-refractivity contribution in [3.05, 3.63) is 68.6 Å². The summed E-state index contributed by atoms with van der Waals surface area (Å²) in [5.41, 5.74) is 2.12. The smallest absolute Gasteiger partial charge is 0.0914 e. The van der Waals surface area contributed by atoms with Crippen LogP contribution in [0.25, 0.3) is 0 Å². The van der Waals surface area contributed by atoms with Gasteiger partial charge in [0.2, 0.25) is 0 Å². The minimum Gasteiger partial charge on any atom is -0.387 e. The van der Waals surface area contributed by atoms with Crippen LogP contribution in [0.15, 0.2) is 57.5 Å². The standard InChI is InChI=1S/C16H17Br2NO/c1-11(12-5-7-14(17)8-6-12)19-10-16(20)13-3-2-4-15(18)9-13/h2-9,11,16,19-20H,10H2,1H3/t11-,16?/m1/s1. The molecule has 20 heavy (non-hydrogen) atoms. The first-order valence-corrected chi connectivity index (χ1v) is 8.07. The highest BCUT2D eigenvalue weighted by Gasteiger charge is 2.10. The summed E-state index contributed by atoms with van der Waals surface area (Å²) in [5, 5.41) is 13.5. The third-order valence-corrected chi connectivity index (χ3v) is 4.24. The van der Waals surface area contributed by atoms with Crippen LogP contribution in [0.2, 0.25) is 0 Å². The van der Waals surface area contributed by atoms with E-state index in [9.17, 15) is 5.11 Å². The van der Waals surface area contributed by atoms with E-state index < -0.39 is 6.10 Å². The van der Waals surface area contributed by atoms with Gasteiger partial charge in [0.15, 0.2) is 0 Å². The molecule has 2 rings (SSSR count). The van der Waals surface area contributed by atoms with Gasteiger partial charge in [0.25, 0.3) is 0 Å². The molecule has 0 fully saturated rings. The minimum absolute atomic E-state index is 0.199. The molecule has 2 aromatic rings. The number of nitrogens with one attached hydrogen (secondary N) is 1. The van der Waals surface area contributed by atoms with Gasteiger partial charge in [-0.15, -0.1) is 0 Å². The Bertz CT molecular complexity index is 557. The van der Waals surface area contributed by atoms with Crippen LogP contribution in [-0.2, 0) is 0 Å².